The van der Waals surface area contributed by atoms with Gasteiger partial charge in [-0.05, 0) is 13.3 Å². The van der Waals surface area contributed by atoms with Gasteiger partial charge in [0.05, 0.1) is 30.2 Å². The third-order valence-corrected chi connectivity index (χ3v) is 5.61. The molecule has 2 heterocycles. The lowest BCUT2D eigenvalue weighted by atomic mass is 10.1. The van der Waals surface area contributed by atoms with E-state index in [1.165, 1.54) is 0 Å². The van der Waals surface area contributed by atoms with Crippen molar-refractivity contribution in [3.8, 4) is 0 Å². The van der Waals surface area contributed by atoms with Crippen LogP contribution in [-0.2, 0) is 32.5 Å². The molecule has 1 saturated heterocycles. The van der Waals surface area contributed by atoms with E-state index < -0.39 is 15.8 Å². The Bertz CT molecular complexity index is 611. The highest BCUT2D eigenvalue weighted by Gasteiger charge is 2.35. The Labute approximate surface area is 131 Å². The summed E-state index contributed by atoms with van der Waals surface area (Å²) in [5.41, 5.74) is 0.937. The van der Waals surface area contributed by atoms with Gasteiger partial charge in [0.25, 0.3) is 0 Å². The fraction of sp³-hybridized carbons (Fsp3) is 0.714. The smallest absolute Gasteiger partial charge is 0.227 e. The Morgan fingerprint density at radius 3 is 2.86 bits per heavy atom. The molecule has 1 fully saturated rings. The van der Waals surface area contributed by atoms with E-state index >= 15 is 0 Å². The van der Waals surface area contributed by atoms with Gasteiger partial charge in [0.2, 0.25) is 5.91 Å². The third kappa shape index (κ3) is 4.30. The highest BCUT2D eigenvalue weighted by Crippen LogP contribution is 2.21. The molecule has 0 saturated carbocycles. The van der Waals surface area contributed by atoms with Crippen molar-refractivity contribution in [3.05, 3.63) is 18.0 Å². The van der Waals surface area contributed by atoms with Gasteiger partial charge in [-0.25, -0.2) is 8.42 Å². The SMILES string of the molecule is CCn1cc(CN(CCOC)C(=O)[C@@H]2CCS(=O)(=O)C2)cn1. The molecule has 2 rings (SSSR count). The average molecular weight is 329 g/mol. The Morgan fingerprint density at radius 1 is 1.55 bits per heavy atom. The fourth-order valence-corrected chi connectivity index (χ4v) is 4.33. The second kappa shape index (κ2) is 7.23. The zero-order valence-corrected chi connectivity index (χ0v) is 13.9. The molecular weight excluding hydrogens is 306 g/mol. The quantitative estimate of drug-likeness (QED) is 0.719. The maximum Gasteiger partial charge on any atom is 0.227 e. The molecule has 1 aromatic heterocycles. The van der Waals surface area contributed by atoms with Crippen LogP contribution in [0.25, 0.3) is 0 Å². The van der Waals surface area contributed by atoms with Crippen molar-refractivity contribution in [3.63, 3.8) is 0 Å². The maximum atomic E-state index is 12.6. The number of sulfone groups is 1. The van der Waals surface area contributed by atoms with Gasteiger partial charge in [0.1, 0.15) is 0 Å². The van der Waals surface area contributed by atoms with E-state index in [-0.39, 0.29) is 17.4 Å². The van der Waals surface area contributed by atoms with Crippen LogP contribution < -0.4 is 0 Å². The first-order chi connectivity index (χ1) is 10.4. The Balaban J connectivity index is 2.06. The van der Waals surface area contributed by atoms with E-state index in [2.05, 4.69) is 5.10 Å². The first-order valence-electron chi connectivity index (χ1n) is 7.44. The van der Waals surface area contributed by atoms with E-state index in [0.29, 0.717) is 26.1 Å². The molecule has 1 aliphatic rings. The summed E-state index contributed by atoms with van der Waals surface area (Å²) in [6.45, 7) is 4.07. The number of nitrogens with zero attached hydrogens (tertiary/aromatic N) is 3. The van der Waals surface area contributed by atoms with E-state index in [4.69, 9.17) is 4.74 Å². The molecule has 0 radical (unpaired) electrons. The first kappa shape index (κ1) is 17.0. The first-order valence-corrected chi connectivity index (χ1v) is 9.26. The molecule has 22 heavy (non-hydrogen) atoms. The zero-order chi connectivity index (χ0) is 16.2. The molecule has 1 aliphatic heterocycles. The van der Waals surface area contributed by atoms with Gasteiger partial charge in [-0.15, -0.1) is 0 Å². The highest BCUT2D eigenvalue weighted by atomic mass is 32.2. The van der Waals surface area contributed by atoms with E-state index in [1.807, 2.05) is 13.1 Å². The molecule has 1 amide bonds. The van der Waals surface area contributed by atoms with Crippen LogP contribution in [0.3, 0.4) is 0 Å². The number of carbonyl (C=O) groups excluding carboxylic acids is 1. The van der Waals surface area contributed by atoms with Crippen LogP contribution in [0, 0.1) is 5.92 Å². The summed E-state index contributed by atoms with van der Waals surface area (Å²) in [7, 11) is -1.48. The molecule has 0 aliphatic carbocycles. The lowest BCUT2D eigenvalue weighted by Crippen LogP contribution is -2.38. The number of hydrogen-bond acceptors (Lipinski definition) is 5. The minimum Gasteiger partial charge on any atom is -0.383 e. The van der Waals surface area contributed by atoms with Gasteiger partial charge in [-0.1, -0.05) is 0 Å². The van der Waals surface area contributed by atoms with Crippen LogP contribution in [0.1, 0.15) is 18.9 Å². The van der Waals surface area contributed by atoms with E-state index in [0.717, 1.165) is 12.1 Å². The normalized spacial score (nSPS) is 20.2. The van der Waals surface area contributed by atoms with Crippen molar-refractivity contribution in [2.24, 2.45) is 5.92 Å². The number of aromatic nitrogens is 2. The summed E-state index contributed by atoms with van der Waals surface area (Å²) >= 11 is 0. The molecule has 1 atom stereocenters. The van der Waals surface area contributed by atoms with Gasteiger partial charge in [0.15, 0.2) is 9.84 Å². The minimum absolute atomic E-state index is 0.0382. The maximum absolute atomic E-state index is 12.6. The van der Waals surface area contributed by atoms with Crippen LogP contribution in [0.5, 0.6) is 0 Å². The van der Waals surface area contributed by atoms with Crippen molar-refractivity contribution in [2.45, 2.75) is 26.4 Å². The summed E-state index contributed by atoms with van der Waals surface area (Å²) in [6.07, 6.45) is 4.05. The third-order valence-electron chi connectivity index (χ3n) is 3.84. The molecule has 8 heteroatoms. The molecule has 0 aromatic carbocycles. The second-order valence-electron chi connectivity index (χ2n) is 5.56. The molecule has 0 spiro atoms. The van der Waals surface area contributed by atoms with Gasteiger partial charge in [0, 0.05) is 38.5 Å². The average Bonchev–Trinajstić information content (AvgIpc) is 3.08. The Kier molecular flexibility index (Phi) is 5.57. The van der Waals surface area contributed by atoms with E-state index in [9.17, 15) is 13.2 Å². The van der Waals surface area contributed by atoms with Crippen molar-refractivity contribution < 1.29 is 17.9 Å². The Morgan fingerprint density at radius 2 is 2.32 bits per heavy atom. The molecule has 0 unspecified atom stereocenters. The number of carbonyl (C=O) groups is 1. The number of aryl methyl sites for hydroxylation is 1. The van der Waals surface area contributed by atoms with Crippen molar-refractivity contribution >= 4 is 15.7 Å². The van der Waals surface area contributed by atoms with Gasteiger partial charge in [-0.2, -0.15) is 5.10 Å². The van der Waals surface area contributed by atoms with Crippen LogP contribution in [0.4, 0.5) is 0 Å². The summed E-state index contributed by atoms with van der Waals surface area (Å²) in [5.74, 6) is -0.468. The molecule has 124 valence electrons. The number of methoxy groups -OCH3 is 1. The van der Waals surface area contributed by atoms with Gasteiger partial charge in [-0.3, -0.25) is 9.48 Å². The van der Waals surface area contributed by atoms with Crippen LogP contribution in [-0.4, -0.2) is 60.8 Å². The summed E-state index contributed by atoms with van der Waals surface area (Å²) in [4.78, 5) is 14.3. The molecule has 0 N–H and O–H groups in total. The minimum atomic E-state index is -3.06. The number of amides is 1. The lowest BCUT2D eigenvalue weighted by molar-refractivity contribution is -0.136. The second-order valence-corrected chi connectivity index (χ2v) is 7.79. The van der Waals surface area contributed by atoms with Gasteiger partial charge < -0.3 is 9.64 Å². The van der Waals surface area contributed by atoms with Crippen LogP contribution >= 0.6 is 0 Å². The van der Waals surface area contributed by atoms with Crippen molar-refractivity contribution in [1.29, 1.82) is 0 Å². The van der Waals surface area contributed by atoms with Crippen molar-refractivity contribution in [2.75, 3.05) is 31.8 Å². The highest BCUT2D eigenvalue weighted by molar-refractivity contribution is 7.91. The predicted molar refractivity (Wildman–Crippen MR) is 82.0 cm³/mol. The van der Waals surface area contributed by atoms with Gasteiger partial charge >= 0.3 is 0 Å². The van der Waals surface area contributed by atoms with Crippen molar-refractivity contribution in [1.82, 2.24) is 14.7 Å². The number of ether oxygens (including phenoxy) is 1. The lowest BCUT2D eigenvalue weighted by Gasteiger charge is -2.24. The molecule has 1 aromatic rings. The summed E-state index contributed by atoms with van der Waals surface area (Å²) < 4.78 is 30.0. The standard InChI is InChI=1S/C14H23N3O4S/c1-3-17-10-12(8-15-17)9-16(5-6-21-2)14(18)13-4-7-22(19,20)11-13/h8,10,13H,3-7,9,11H2,1-2H3/t13-/m1/s1. The summed E-state index contributed by atoms with van der Waals surface area (Å²) in [5, 5.41) is 4.20. The number of rotatable bonds is 7. The Hall–Kier alpha value is -1.41. The molecule has 7 nitrogen and oxygen atoms in total. The largest absolute Gasteiger partial charge is 0.383 e. The molecular formula is C14H23N3O4S. The topological polar surface area (TPSA) is 81.5 Å². The predicted octanol–water partition coefficient (Wildman–Crippen LogP) is 0.313. The molecule has 0 bridgehead atoms. The monoisotopic (exact) mass is 329 g/mol. The van der Waals surface area contributed by atoms with Crippen LogP contribution in [0.15, 0.2) is 12.4 Å². The summed E-state index contributed by atoms with van der Waals surface area (Å²) in [6, 6.07) is 0. The number of hydrogen-bond donors (Lipinski definition) is 0. The zero-order valence-electron chi connectivity index (χ0n) is 13.1. The fourth-order valence-electron chi connectivity index (χ4n) is 2.60. The van der Waals surface area contributed by atoms with Crippen LogP contribution in [0.2, 0.25) is 0 Å². The van der Waals surface area contributed by atoms with E-state index in [1.54, 1.807) is 22.9 Å².